The van der Waals surface area contributed by atoms with Crippen molar-refractivity contribution in [3.8, 4) is 0 Å². The molecule has 0 aromatic carbocycles. The van der Waals surface area contributed by atoms with Gasteiger partial charge in [0.1, 0.15) is 0 Å². The first-order valence-corrected chi connectivity index (χ1v) is 7.35. The van der Waals surface area contributed by atoms with E-state index in [1.54, 1.807) is 0 Å². The van der Waals surface area contributed by atoms with Crippen LogP contribution in [0.3, 0.4) is 0 Å². The molecule has 0 aromatic rings. The Bertz CT molecular complexity index is 260. The Labute approximate surface area is 112 Å². The molecule has 0 spiro atoms. The lowest BCUT2D eigenvalue weighted by Crippen LogP contribution is -2.33. The van der Waals surface area contributed by atoms with Crippen molar-refractivity contribution < 1.29 is 9.84 Å². The molecule has 0 aliphatic heterocycles. The molecule has 1 aliphatic carbocycles. The molecule has 5 atom stereocenters. The zero-order valence-electron chi connectivity index (χ0n) is 12.5. The lowest BCUT2D eigenvalue weighted by molar-refractivity contribution is -0.0312. The van der Waals surface area contributed by atoms with Gasteiger partial charge in [0, 0.05) is 12.5 Å². The average Bonchev–Trinajstić information content (AvgIpc) is 2.25. The molecule has 0 heterocycles. The fourth-order valence-electron chi connectivity index (χ4n) is 3.01. The highest BCUT2D eigenvalue weighted by Crippen LogP contribution is 2.34. The molecule has 0 aromatic heterocycles. The van der Waals surface area contributed by atoms with E-state index in [1.165, 1.54) is 18.4 Å². The van der Waals surface area contributed by atoms with Crippen molar-refractivity contribution in [3.05, 3.63) is 12.2 Å². The second kappa shape index (κ2) is 7.30. The number of hydrogen-bond donors (Lipinski definition) is 1. The normalized spacial score (nSPS) is 31.9. The van der Waals surface area contributed by atoms with Crippen molar-refractivity contribution in [2.75, 3.05) is 6.61 Å². The Kier molecular flexibility index (Phi) is 6.37. The summed E-state index contributed by atoms with van der Waals surface area (Å²) >= 11 is 0. The van der Waals surface area contributed by atoms with Crippen molar-refractivity contribution in [1.82, 2.24) is 0 Å². The van der Waals surface area contributed by atoms with Crippen molar-refractivity contribution in [1.29, 1.82) is 0 Å². The molecule has 18 heavy (non-hydrogen) atoms. The van der Waals surface area contributed by atoms with Crippen LogP contribution in [0.4, 0.5) is 0 Å². The van der Waals surface area contributed by atoms with E-state index in [1.807, 2.05) is 6.92 Å². The first-order valence-electron chi connectivity index (χ1n) is 7.35. The van der Waals surface area contributed by atoms with Gasteiger partial charge < -0.3 is 9.84 Å². The van der Waals surface area contributed by atoms with E-state index in [-0.39, 0.29) is 6.10 Å². The van der Waals surface area contributed by atoms with Gasteiger partial charge in [-0.15, -0.1) is 0 Å². The minimum Gasteiger partial charge on any atom is -0.393 e. The largest absolute Gasteiger partial charge is 0.393 e. The van der Waals surface area contributed by atoms with Crippen molar-refractivity contribution in [2.24, 2.45) is 17.8 Å². The topological polar surface area (TPSA) is 29.5 Å². The average molecular weight is 254 g/mol. The summed E-state index contributed by atoms with van der Waals surface area (Å²) in [5, 5.41) is 9.37. The summed E-state index contributed by atoms with van der Waals surface area (Å²) in [6.07, 6.45) is 4.58. The first kappa shape index (κ1) is 15.7. The van der Waals surface area contributed by atoms with E-state index in [0.717, 1.165) is 25.4 Å². The van der Waals surface area contributed by atoms with Crippen LogP contribution in [0, 0.1) is 17.8 Å². The van der Waals surface area contributed by atoms with Gasteiger partial charge in [-0.1, -0.05) is 26.0 Å². The van der Waals surface area contributed by atoms with Gasteiger partial charge in [-0.3, -0.25) is 0 Å². The maximum Gasteiger partial charge on any atom is 0.0642 e. The standard InChI is InChI=1S/C16H30O2/c1-11(2)15-7-6-12(3)9-16(15)18-10-13(4)8-14(5)17/h12-17H,1,6-10H2,2-5H3. The van der Waals surface area contributed by atoms with Gasteiger partial charge in [0.25, 0.3) is 0 Å². The summed E-state index contributed by atoms with van der Waals surface area (Å²) in [6, 6.07) is 0. The molecule has 1 aliphatic rings. The summed E-state index contributed by atoms with van der Waals surface area (Å²) in [4.78, 5) is 0. The van der Waals surface area contributed by atoms with Gasteiger partial charge in [-0.25, -0.2) is 0 Å². The number of rotatable bonds is 6. The lowest BCUT2D eigenvalue weighted by Gasteiger charge is -2.36. The summed E-state index contributed by atoms with van der Waals surface area (Å²) in [5.74, 6) is 1.71. The monoisotopic (exact) mass is 254 g/mol. The third kappa shape index (κ3) is 5.11. The molecule has 1 rings (SSSR count). The van der Waals surface area contributed by atoms with Crippen molar-refractivity contribution in [2.45, 2.75) is 65.6 Å². The summed E-state index contributed by atoms with van der Waals surface area (Å²) in [7, 11) is 0. The van der Waals surface area contributed by atoms with Crippen LogP contribution in [0.5, 0.6) is 0 Å². The van der Waals surface area contributed by atoms with Gasteiger partial charge in [0.15, 0.2) is 0 Å². The molecule has 1 saturated carbocycles. The van der Waals surface area contributed by atoms with Crippen LogP contribution < -0.4 is 0 Å². The number of aliphatic hydroxyl groups is 1. The molecular weight excluding hydrogens is 224 g/mol. The van der Waals surface area contributed by atoms with E-state index < -0.39 is 0 Å². The number of hydrogen-bond acceptors (Lipinski definition) is 2. The second-order valence-corrected chi connectivity index (χ2v) is 6.43. The molecule has 1 fully saturated rings. The van der Waals surface area contributed by atoms with E-state index in [2.05, 4.69) is 27.4 Å². The Morgan fingerprint density at radius 3 is 2.61 bits per heavy atom. The third-order valence-corrected chi connectivity index (χ3v) is 4.03. The van der Waals surface area contributed by atoms with E-state index in [9.17, 15) is 5.11 Å². The predicted octanol–water partition coefficient (Wildman–Crippen LogP) is 3.79. The Hall–Kier alpha value is -0.340. The summed E-state index contributed by atoms with van der Waals surface area (Å²) < 4.78 is 6.12. The fourth-order valence-corrected chi connectivity index (χ4v) is 3.01. The highest BCUT2D eigenvalue weighted by molar-refractivity contribution is 5.02. The first-order chi connectivity index (χ1) is 8.40. The zero-order valence-corrected chi connectivity index (χ0v) is 12.5. The highest BCUT2D eigenvalue weighted by Gasteiger charge is 2.30. The summed E-state index contributed by atoms with van der Waals surface area (Å²) in [5.41, 5.74) is 1.26. The van der Waals surface area contributed by atoms with Crippen molar-refractivity contribution >= 4 is 0 Å². The number of ether oxygens (including phenoxy) is 1. The smallest absolute Gasteiger partial charge is 0.0642 e. The van der Waals surface area contributed by atoms with Gasteiger partial charge in [0.05, 0.1) is 12.2 Å². The van der Waals surface area contributed by atoms with Crippen LogP contribution in [0.2, 0.25) is 0 Å². The van der Waals surface area contributed by atoms with Gasteiger partial charge in [-0.2, -0.15) is 0 Å². The van der Waals surface area contributed by atoms with Crippen LogP contribution in [0.15, 0.2) is 12.2 Å². The molecule has 5 unspecified atom stereocenters. The van der Waals surface area contributed by atoms with Crippen LogP contribution in [-0.4, -0.2) is 23.9 Å². The predicted molar refractivity (Wildman–Crippen MR) is 76.5 cm³/mol. The molecule has 1 N–H and O–H groups in total. The lowest BCUT2D eigenvalue weighted by atomic mass is 9.77. The van der Waals surface area contributed by atoms with Crippen molar-refractivity contribution in [3.63, 3.8) is 0 Å². The van der Waals surface area contributed by atoms with Gasteiger partial charge in [-0.05, 0) is 51.4 Å². The van der Waals surface area contributed by atoms with E-state index >= 15 is 0 Å². The Morgan fingerprint density at radius 1 is 1.39 bits per heavy atom. The molecule has 0 saturated heterocycles. The SMILES string of the molecule is C=C(C)C1CCC(C)CC1OCC(C)CC(C)O. The maximum absolute atomic E-state index is 9.37. The van der Waals surface area contributed by atoms with E-state index in [0.29, 0.717) is 17.9 Å². The second-order valence-electron chi connectivity index (χ2n) is 6.43. The summed E-state index contributed by atoms with van der Waals surface area (Å²) in [6.45, 7) is 13.3. The maximum atomic E-state index is 9.37. The van der Waals surface area contributed by atoms with Crippen LogP contribution in [0.1, 0.15) is 53.4 Å². The molecule has 0 bridgehead atoms. The Balaban J connectivity index is 2.43. The molecule has 0 radical (unpaired) electrons. The minimum absolute atomic E-state index is 0.231. The zero-order chi connectivity index (χ0) is 13.7. The Morgan fingerprint density at radius 2 is 2.06 bits per heavy atom. The minimum atomic E-state index is -0.231. The number of aliphatic hydroxyl groups excluding tert-OH is 1. The van der Waals surface area contributed by atoms with Crippen LogP contribution in [-0.2, 0) is 4.74 Å². The highest BCUT2D eigenvalue weighted by atomic mass is 16.5. The quantitative estimate of drug-likeness (QED) is 0.731. The molecule has 2 nitrogen and oxygen atoms in total. The molecule has 106 valence electrons. The fraction of sp³-hybridized carbons (Fsp3) is 0.875. The van der Waals surface area contributed by atoms with Crippen LogP contribution in [0.25, 0.3) is 0 Å². The molecule has 2 heteroatoms. The van der Waals surface area contributed by atoms with Crippen LogP contribution >= 0.6 is 0 Å². The molecular formula is C16H30O2. The van der Waals surface area contributed by atoms with Gasteiger partial charge in [0.2, 0.25) is 0 Å². The molecule has 0 amide bonds. The third-order valence-electron chi connectivity index (χ3n) is 4.03. The van der Waals surface area contributed by atoms with Gasteiger partial charge >= 0.3 is 0 Å². The van der Waals surface area contributed by atoms with E-state index in [4.69, 9.17) is 4.74 Å².